The first-order valence-electron chi connectivity index (χ1n) is 16.7. The number of hydrogen-bond donors (Lipinski definition) is 1. The Kier molecular flexibility index (Phi) is 6.31. The third-order valence-electron chi connectivity index (χ3n) is 11.0. The lowest BCUT2D eigenvalue weighted by Crippen LogP contribution is -2.36. The molecule has 4 nitrogen and oxygen atoms in total. The van der Waals surface area contributed by atoms with Crippen molar-refractivity contribution in [2.24, 2.45) is 5.92 Å². The molecular formula is C43H37N2O2S+. The average Bonchev–Trinajstić information content (AvgIpc) is 3.11. The number of fused-ring (bicyclic) bond motifs is 6. The van der Waals surface area contributed by atoms with Crippen LogP contribution in [-0.4, -0.2) is 10.3 Å². The fourth-order valence-electron chi connectivity index (χ4n) is 8.52. The van der Waals surface area contributed by atoms with Crippen LogP contribution < -0.4 is 9.80 Å². The number of nitrogens with zero attached hydrogens (tertiary/aromatic N) is 2. The lowest BCUT2D eigenvalue weighted by Gasteiger charge is -2.43. The Hall–Kier alpha value is -4.84. The third-order valence-corrected chi connectivity index (χ3v) is 12.6. The molecule has 48 heavy (non-hydrogen) atoms. The summed E-state index contributed by atoms with van der Waals surface area (Å²) in [6, 6.07) is 40.3. The van der Waals surface area contributed by atoms with E-state index >= 15 is 0 Å². The highest BCUT2D eigenvalue weighted by atomic mass is 32.2. The van der Waals surface area contributed by atoms with Gasteiger partial charge in [0, 0.05) is 40.0 Å². The van der Waals surface area contributed by atoms with Gasteiger partial charge < -0.3 is 9.80 Å². The predicted octanol–water partition coefficient (Wildman–Crippen LogP) is 10.7. The van der Waals surface area contributed by atoms with Crippen molar-refractivity contribution >= 4 is 45.4 Å². The van der Waals surface area contributed by atoms with Crippen molar-refractivity contribution in [3.8, 4) is 0 Å². The van der Waals surface area contributed by atoms with E-state index in [-0.39, 0.29) is 16.6 Å². The summed E-state index contributed by atoms with van der Waals surface area (Å²) in [5, 5.41) is 0. The second-order valence-corrected chi connectivity index (χ2v) is 15.8. The summed E-state index contributed by atoms with van der Waals surface area (Å²) < 4.78 is 11.8. The van der Waals surface area contributed by atoms with E-state index in [1.54, 1.807) is 0 Å². The Labute approximate surface area is 285 Å². The van der Waals surface area contributed by atoms with E-state index in [4.69, 9.17) is 0 Å². The smallest absolute Gasteiger partial charge is 0.217 e. The molecule has 2 atom stereocenters. The summed E-state index contributed by atoms with van der Waals surface area (Å²) in [5.41, 5.74) is 11.8. The molecule has 0 saturated carbocycles. The molecule has 3 aliphatic heterocycles. The second-order valence-electron chi connectivity index (χ2n) is 14.3. The number of ketones is 1. The van der Waals surface area contributed by atoms with E-state index in [1.807, 2.05) is 18.2 Å². The second kappa shape index (κ2) is 10.3. The van der Waals surface area contributed by atoms with Crippen molar-refractivity contribution in [3.63, 3.8) is 0 Å². The molecule has 0 radical (unpaired) electrons. The van der Waals surface area contributed by atoms with E-state index in [2.05, 4.69) is 147 Å². The summed E-state index contributed by atoms with van der Waals surface area (Å²) in [4.78, 5) is 20.8. The minimum atomic E-state index is -1.18. The SMILES string of the molecule is CC1(C)c2ccccc2N(C2=CC=C3C(C2)C(=O)c2cc(N4c5ccccc5C(C)(C)c5ccccc54)ccc2[S+]3O)c2ccccc21. The number of hydrogen-bond acceptors (Lipinski definition) is 4. The lowest BCUT2D eigenvalue weighted by molar-refractivity contribution is 0.0935. The molecule has 0 saturated heterocycles. The summed E-state index contributed by atoms with van der Waals surface area (Å²) in [6.07, 6.45) is 4.64. The first-order valence-corrected chi connectivity index (χ1v) is 17.9. The normalized spacial score (nSPS) is 21.1. The van der Waals surface area contributed by atoms with Crippen LogP contribution in [-0.2, 0) is 22.0 Å². The third kappa shape index (κ3) is 3.98. The summed E-state index contributed by atoms with van der Waals surface area (Å²) in [5.74, 6) is -0.366. The Morgan fingerprint density at radius 2 is 1.08 bits per heavy atom. The number of para-hydroxylation sites is 4. The van der Waals surface area contributed by atoms with Crippen molar-refractivity contribution in [3.05, 3.63) is 166 Å². The molecule has 0 fully saturated rings. The topological polar surface area (TPSA) is 43.8 Å². The molecule has 0 spiro atoms. The van der Waals surface area contributed by atoms with Crippen LogP contribution in [0.15, 0.2) is 143 Å². The minimum Gasteiger partial charge on any atom is -0.314 e. The predicted molar refractivity (Wildman–Crippen MR) is 197 cm³/mol. The molecule has 1 aliphatic carbocycles. The minimum absolute atomic E-state index is 0.0688. The Balaban J connectivity index is 1.13. The van der Waals surface area contributed by atoms with Gasteiger partial charge in [0.15, 0.2) is 10.7 Å². The number of carbonyl (C=O) groups is 1. The molecule has 0 amide bonds. The average molecular weight is 646 g/mol. The molecule has 1 N–H and O–H groups in total. The molecule has 236 valence electrons. The van der Waals surface area contributed by atoms with Crippen LogP contribution in [0.25, 0.3) is 0 Å². The first kappa shape index (κ1) is 29.3. The highest BCUT2D eigenvalue weighted by molar-refractivity contribution is 7.95. The molecular weight excluding hydrogens is 609 g/mol. The molecule has 2 unspecified atom stereocenters. The fourth-order valence-corrected chi connectivity index (χ4v) is 9.99. The zero-order valence-electron chi connectivity index (χ0n) is 27.6. The van der Waals surface area contributed by atoms with Gasteiger partial charge in [-0.15, -0.1) is 0 Å². The highest BCUT2D eigenvalue weighted by Gasteiger charge is 2.49. The van der Waals surface area contributed by atoms with Gasteiger partial charge in [0.2, 0.25) is 16.1 Å². The first-order chi connectivity index (χ1) is 23.2. The highest BCUT2D eigenvalue weighted by Crippen LogP contribution is 2.54. The molecule has 5 aromatic carbocycles. The number of Topliss-reactive ketones (excluding diaryl/α,β-unsaturated/α-hetero) is 1. The van der Waals surface area contributed by atoms with Crippen molar-refractivity contribution in [2.45, 2.75) is 49.8 Å². The van der Waals surface area contributed by atoms with Gasteiger partial charge in [0.1, 0.15) is 5.92 Å². The van der Waals surface area contributed by atoms with Gasteiger partial charge >= 0.3 is 0 Å². The van der Waals surface area contributed by atoms with Crippen LogP contribution in [0.1, 0.15) is 66.7 Å². The zero-order chi connectivity index (χ0) is 32.9. The molecule has 3 heterocycles. The van der Waals surface area contributed by atoms with E-state index in [1.165, 1.54) is 22.3 Å². The maximum atomic E-state index is 14.6. The van der Waals surface area contributed by atoms with Gasteiger partial charge in [0.25, 0.3) is 0 Å². The van der Waals surface area contributed by atoms with Crippen LogP contribution in [0.4, 0.5) is 28.4 Å². The van der Waals surface area contributed by atoms with Crippen LogP contribution in [0.2, 0.25) is 0 Å². The van der Waals surface area contributed by atoms with Crippen molar-refractivity contribution < 1.29 is 9.35 Å². The fraction of sp³-hybridized carbons (Fsp3) is 0.186. The summed E-state index contributed by atoms with van der Waals surface area (Å²) in [7, 11) is 0. The van der Waals surface area contributed by atoms with E-state index in [0.29, 0.717) is 16.9 Å². The molecule has 5 heteroatoms. The van der Waals surface area contributed by atoms with Gasteiger partial charge in [0.05, 0.1) is 16.9 Å². The van der Waals surface area contributed by atoms with Crippen molar-refractivity contribution in [2.75, 3.05) is 9.80 Å². The summed E-state index contributed by atoms with van der Waals surface area (Å²) >= 11 is -1.18. The molecule has 0 bridgehead atoms. The Morgan fingerprint density at radius 1 is 0.625 bits per heavy atom. The Bertz CT molecular complexity index is 2150. The maximum Gasteiger partial charge on any atom is 0.217 e. The van der Waals surface area contributed by atoms with Crippen molar-refractivity contribution in [1.82, 2.24) is 0 Å². The van der Waals surface area contributed by atoms with E-state index in [0.717, 1.165) is 39.0 Å². The monoisotopic (exact) mass is 645 g/mol. The van der Waals surface area contributed by atoms with Crippen LogP contribution in [0.3, 0.4) is 0 Å². The Morgan fingerprint density at radius 3 is 1.58 bits per heavy atom. The van der Waals surface area contributed by atoms with Gasteiger partial charge in [-0.3, -0.25) is 4.79 Å². The van der Waals surface area contributed by atoms with E-state index < -0.39 is 17.1 Å². The number of rotatable bonds is 2. The quantitative estimate of drug-likeness (QED) is 0.194. The lowest BCUT2D eigenvalue weighted by atomic mass is 9.73. The maximum absolute atomic E-state index is 14.6. The van der Waals surface area contributed by atoms with Crippen LogP contribution in [0.5, 0.6) is 0 Å². The number of allylic oxidation sites excluding steroid dienone is 4. The molecule has 5 aromatic rings. The number of carbonyl (C=O) groups excluding carboxylic acids is 1. The number of benzene rings is 5. The summed E-state index contributed by atoms with van der Waals surface area (Å²) in [6.45, 7) is 9.12. The van der Waals surface area contributed by atoms with Crippen LogP contribution in [0, 0.1) is 5.92 Å². The molecule has 0 aromatic heterocycles. The molecule has 9 rings (SSSR count). The van der Waals surface area contributed by atoms with Gasteiger partial charge in [-0.1, -0.05) is 100 Å². The number of anilines is 5. The largest absolute Gasteiger partial charge is 0.314 e. The van der Waals surface area contributed by atoms with Gasteiger partial charge in [-0.2, -0.15) is 4.55 Å². The zero-order valence-corrected chi connectivity index (χ0v) is 28.4. The van der Waals surface area contributed by atoms with Crippen LogP contribution >= 0.6 is 0 Å². The van der Waals surface area contributed by atoms with Crippen molar-refractivity contribution in [1.29, 1.82) is 0 Å². The standard InChI is InChI=1S/C43H37N2O2S/c1-42(2)31-13-5-9-17-35(31)44(36-18-10-6-14-32(36)42)27-21-23-39-29(25-27)41(46)30-26-28(22-24-40(30)48(39)47)45-37-19-11-7-15-33(37)43(3,4)34-16-8-12-20-38(34)45/h5-25,30,47H,26H2,1-4H3/q+1. The molecule has 4 aliphatic rings. The van der Waals surface area contributed by atoms with Gasteiger partial charge in [-0.25, -0.2) is 0 Å². The van der Waals surface area contributed by atoms with Gasteiger partial charge in [-0.05, 0) is 76.9 Å². The van der Waals surface area contributed by atoms with E-state index in [9.17, 15) is 9.35 Å².